The molecule has 0 bridgehead atoms. The van der Waals surface area contributed by atoms with E-state index in [0.717, 1.165) is 28.1 Å². The van der Waals surface area contributed by atoms with E-state index in [4.69, 9.17) is 0 Å². The van der Waals surface area contributed by atoms with E-state index in [1.807, 2.05) is 19.1 Å². The van der Waals surface area contributed by atoms with Gasteiger partial charge in [-0.1, -0.05) is 0 Å². The molecule has 0 fully saturated rings. The third-order valence-electron chi connectivity index (χ3n) is 2.33. The fourth-order valence-corrected chi connectivity index (χ4v) is 1.57. The monoisotopic (exact) mass is 211 g/mol. The first-order valence-corrected chi connectivity index (χ1v) is 4.92. The van der Waals surface area contributed by atoms with Gasteiger partial charge in [-0.2, -0.15) is 10.2 Å². The molecule has 78 valence electrons. The van der Waals surface area contributed by atoms with E-state index >= 15 is 0 Å². The van der Waals surface area contributed by atoms with Gasteiger partial charge in [-0.05, 0) is 24.6 Å². The SMILES string of the molecule is Cc1cnc2nc(-c3ccnnc3)[nH]c2c1. The average Bonchev–Trinajstić information content (AvgIpc) is 2.73. The van der Waals surface area contributed by atoms with Crippen LogP contribution in [0, 0.1) is 6.92 Å². The van der Waals surface area contributed by atoms with Gasteiger partial charge in [-0.25, -0.2) is 9.97 Å². The van der Waals surface area contributed by atoms with Crippen LogP contribution in [-0.2, 0) is 0 Å². The van der Waals surface area contributed by atoms with E-state index in [1.165, 1.54) is 0 Å². The largest absolute Gasteiger partial charge is 0.337 e. The van der Waals surface area contributed by atoms with Crippen molar-refractivity contribution in [2.75, 3.05) is 0 Å². The molecule has 0 saturated carbocycles. The summed E-state index contributed by atoms with van der Waals surface area (Å²) >= 11 is 0. The molecule has 0 spiro atoms. The predicted molar refractivity (Wildman–Crippen MR) is 59.7 cm³/mol. The molecular weight excluding hydrogens is 202 g/mol. The molecule has 5 nitrogen and oxygen atoms in total. The molecule has 1 N–H and O–H groups in total. The van der Waals surface area contributed by atoms with Gasteiger partial charge in [0.2, 0.25) is 0 Å². The van der Waals surface area contributed by atoms with Crippen LogP contribution in [0.5, 0.6) is 0 Å². The molecule has 0 saturated heterocycles. The van der Waals surface area contributed by atoms with Crippen LogP contribution < -0.4 is 0 Å². The fraction of sp³-hybridized carbons (Fsp3) is 0.0909. The van der Waals surface area contributed by atoms with Crippen molar-refractivity contribution in [3.05, 3.63) is 36.3 Å². The van der Waals surface area contributed by atoms with Gasteiger partial charge in [0.15, 0.2) is 5.65 Å². The van der Waals surface area contributed by atoms with Gasteiger partial charge in [0, 0.05) is 11.8 Å². The smallest absolute Gasteiger partial charge is 0.178 e. The number of aryl methyl sites for hydroxylation is 1. The third-order valence-corrected chi connectivity index (χ3v) is 2.33. The quantitative estimate of drug-likeness (QED) is 0.665. The second-order valence-corrected chi connectivity index (χ2v) is 3.60. The van der Waals surface area contributed by atoms with Crippen LogP contribution in [0.3, 0.4) is 0 Å². The van der Waals surface area contributed by atoms with Crippen molar-refractivity contribution in [3.8, 4) is 11.4 Å². The Kier molecular flexibility index (Phi) is 1.89. The lowest BCUT2D eigenvalue weighted by molar-refractivity contribution is 1.03. The van der Waals surface area contributed by atoms with Crippen LogP contribution in [0.15, 0.2) is 30.7 Å². The maximum atomic E-state index is 4.39. The number of aromatic nitrogens is 5. The molecule has 0 aromatic carbocycles. The van der Waals surface area contributed by atoms with Gasteiger partial charge in [-0.15, -0.1) is 0 Å². The number of hydrogen-bond acceptors (Lipinski definition) is 4. The first kappa shape index (κ1) is 8.96. The van der Waals surface area contributed by atoms with E-state index in [1.54, 1.807) is 18.6 Å². The van der Waals surface area contributed by atoms with Crippen molar-refractivity contribution < 1.29 is 0 Å². The highest BCUT2D eigenvalue weighted by Gasteiger charge is 2.05. The zero-order valence-electron chi connectivity index (χ0n) is 8.68. The summed E-state index contributed by atoms with van der Waals surface area (Å²) in [7, 11) is 0. The third kappa shape index (κ3) is 1.42. The maximum Gasteiger partial charge on any atom is 0.178 e. The standard InChI is InChI=1S/C11H9N5/c1-7-4-9-11(12-5-7)16-10(15-9)8-2-3-13-14-6-8/h2-6H,1H3,(H,12,15,16). The number of imidazole rings is 1. The number of fused-ring (bicyclic) bond motifs is 1. The molecule has 0 aliphatic heterocycles. The van der Waals surface area contributed by atoms with Gasteiger partial charge < -0.3 is 4.98 Å². The Morgan fingerprint density at radius 3 is 2.94 bits per heavy atom. The Morgan fingerprint density at radius 2 is 2.12 bits per heavy atom. The van der Waals surface area contributed by atoms with Crippen molar-refractivity contribution in [1.29, 1.82) is 0 Å². The summed E-state index contributed by atoms with van der Waals surface area (Å²) < 4.78 is 0. The molecule has 3 heterocycles. The summed E-state index contributed by atoms with van der Waals surface area (Å²) in [6, 6.07) is 3.88. The van der Waals surface area contributed by atoms with Crippen molar-refractivity contribution >= 4 is 11.2 Å². The summed E-state index contributed by atoms with van der Waals surface area (Å²) in [6.45, 7) is 2.00. The van der Waals surface area contributed by atoms with Crippen LogP contribution >= 0.6 is 0 Å². The summed E-state index contributed by atoms with van der Waals surface area (Å²) in [5.41, 5.74) is 3.67. The van der Waals surface area contributed by atoms with Gasteiger partial charge in [0.05, 0.1) is 17.9 Å². The minimum absolute atomic E-state index is 0.720. The van der Waals surface area contributed by atoms with E-state index in [0.29, 0.717) is 0 Å². The number of rotatable bonds is 1. The highest BCUT2D eigenvalue weighted by molar-refractivity contribution is 5.75. The molecule has 0 atom stereocenters. The fourth-order valence-electron chi connectivity index (χ4n) is 1.57. The van der Waals surface area contributed by atoms with Gasteiger partial charge in [0.1, 0.15) is 5.82 Å². The van der Waals surface area contributed by atoms with Crippen molar-refractivity contribution in [2.24, 2.45) is 0 Å². The van der Waals surface area contributed by atoms with Gasteiger partial charge >= 0.3 is 0 Å². The lowest BCUT2D eigenvalue weighted by atomic mass is 10.3. The molecule has 3 rings (SSSR count). The first-order chi connectivity index (χ1) is 7.83. The van der Waals surface area contributed by atoms with Crippen LogP contribution in [0.2, 0.25) is 0 Å². The normalized spacial score (nSPS) is 10.8. The Labute approximate surface area is 91.6 Å². The summed E-state index contributed by atoms with van der Waals surface area (Å²) in [4.78, 5) is 11.8. The molecule has 0 aliphatic rings. The molecular formula is C11H9N5. The molecule has 0 unspecified atom stereocenters. The maximum absolute atomic E-state index is 4.39. The molecule has 16 heavy (non-hydrogen) atoms. The molecule has 0 amide bonds. The van der Waals surface area contributed by atoms with Crippen LogP contribution in [-0.4, -0.2) is 25.1 Å². The summed E-state index contributed by atoms with van der Waals surface area (Å²) in [6.07, 6.45) is 5.11. The molecule has 3 aromatic rings. The zero-order valence-corrected chi connectivity index (χ0v) is 8.68. The Bertz CT molecular complexity index is 629. The second kappa shape index (κ2) is 3.37. The first-order valence-electron chi connectivity index (χ1n) is 4.92. The highest BCUT2D eigenvalue weighted by atomic mass is 15.1. The molecule has 0 radical (unpaired) electrons. The Balaban J connectivity index is 2.19. The van der Waals surface area contributed by atoms with E-state index in [-0.39, 0.29) is 0 Å². The molecule has 0 aliphatic carbocycles. The minimum Gasteiger partial charge on any atom is -0.337 e. The van der Waals surface area contributed by atoms with Crippen LogP contribution in [0.4, 0.5) is 0 Å². The summed E-state index contributed by atoms with van der Waals surface area (Å²) in [5, 5.41) is 7.55. The molecule has 5 heteroatoms. The Hall–Kier alpha value is -2.30. The zero-order chi connectivity index (χ0) is 11.0. The second-order valence-electron chi connectivity index (χ2n) is 3.60. The van der Waals surface area contributed by atoms with E-state index in [2.05, 4.69) is 25.1 Å². The number of aromatic amines is 1. The molecule has 3 aromatic heterocycles. The van der Waals surface area contributed by atoms with E-state index in [9.17, 15) is 0 Å². The van der Waals surface area contributed by atoms with Crippen LogP contribution in [0.1, 0.15) is 5.56 Å². The topological polar surface area (TPSA) is 67.3 Å². The predicted octanol–water partition coefficient (Wildman–Crippen LogP) is 1.72. The van der Waals surface area contributed by atoms with Gasteiger partial charge in [0.25, 0.3) is 0 Å². The van der Waals surface area contributed by atoms with Crippen molar-refractivity contribution in [3.63, 3.8) is 0 Å². The van der Waals surface area contributed by atoms with E-state index < -0.39 is 0 Å². The van der Waals surface area contributed by atoms with Crippen LogP contribution in [0.25, 0.3) is 22.6 Å². The van der Waals surface area contributed by atoms with Crippen molar-refractivity contribution in [2.45, 2.75) is 6.92 Å². The number of hydrogen-bond donors (Lipinski definition) is 1. The minimum atomic E-state index is 0.720. The highest BCUT2D eigenvalue weighted by Crippen LogP contribution is 2.18. The Morgan fingerprint density at radius 1 is 1.19 bits per heavy atom. The lowest BCUT2D eigenvalue weighted by Crippen LogP contribution is -1.83. The number of nitrogens with zero attached hydrogens (tertiary/aromatic N) is 4. The van der Waals surface area contributed by atoms with Gasteiger partial charge in [-0.3, -0.25) is 0 Å². The number of H-pyrrole nitrogens is 1. The number of nitrogens with one attached hydrogen (secondary N) is 1. The number of pyridine rings is 1. The summed E-state index contributed by atoms with van der Waals surface area (Å²) in [5.74, 6) is 0.767. The lowest BCUT2D eigenvalue weighted by Gasteiger charge is -1.91. The average molecular weight is 211 g/mol. The van der Waals surface area contributed by atoms with Crippen molar-refractivity contribution in [1.82, 2.24) is 25.1 Å².